The van der Waals surface area contributed by atoms with Crippen molar-refractivity contribution in [3.8, 4) is 0 Å². The molecule has 23 heteroatoms. The van der Waals surface area contributed by atoms with Gasteiger partial charge in [0.1, 0.15) is 11.4 Å². The van der Waals surface area contributed by atoms with E-state index in [2.05, 4.69) is 52.2 Å². The van der Waals surface area contributed by atoms with Gasteiger partial charge in [-0.3, -0.25) is 33.6 Å². The molecule has 0 aliphatic heterocycles. The zero-order valence-electron chi connectivity index (χ0n) is 33.1. The second-order valence-corrected chi connectivity index (χ2v) is 13.3. The van der Waals surface area contributed by atoms with Gasteiger partial charge in [0.25, 0.3) is 29.5 Å². The van der Waals surface area contributed by atoms with Crippen molar-refractivity contribution >= 4 is 64.4 Å². The second-order valence-electron chi connectivity index (χ2n) is 13.3. The summed E-state index contributed by atoms with van der Waals surface area (Å²) in [5, 5.41) is 18.6. The van der Waals surface area contributed by atoms with Crippen LogP contribution in [0.5, 0.6) is 0 Å². The number of hydrogen-bond acceptors (Lipinski definition) is 11. The van der Waals surface area contributed by atoms with Gasteiger partial charge in [-0.05, 0) is 25.1 Å². The van der Waals surface area contributed by atoms with Gasteiger partial charge in [-0.25, -0.2) is 15.0 Å². The summed E-state index contributed by atoms with van der Waals surface area (Å²) in [6.07, 6.45) is 9.63. The van der Waals surface area contributed by atoms with Crippen LogP contribution in [-0.2, 0) is 44.8 Å². The van der Waals surface area contributed by atoms with Gasteiger partial charge >= 0.3 is 0 Å². The maximum atomic E-state index is 13.1. The largest absolute Gasteiger partial charge is 0.350 e. The fraction of sp³-hybridized carbons (Fsp3) is 0.333. The number of rotatable bonds is 18. The number of hydrogen-bond donors (Lipinski definition) is 8. The molecule has 0 atom stereocenters. The molecule has 5 heterocycles. The van der Waals surface area contributed by atoms with Crippen LogP contribution < -0.4 is 43.0 Å². The molecule has 0 fully saturated rings. The minimum atomic E-state index is -0.613. The fourth-order valence-corrected chi connectivity index (χ4v) is 5.70. The minimum absolute atomic E-state index is 0.00661. The molecule has 0 unspecified atom stereocenters. The first-order chi connectivity index (χ1) is 28.1. The molecule has 0 aromatic carbocycles. The molecule has 0 radical (unpaired) electrons. The van der Waals surface area contributed by atoms with E-state index in [1.54, 1.807) is 52.2 Å². The Morgan fingerprint density at radius 3 is 1.46 bits per heavy atom. The average Bonchev–Trinajstić information content (AvgIpc) is 4.00. The summed E-state index contributed by atoms with van der Waals surface area (Å²) < 4.78 is 7.50. The highest BCUT2D eigenvalue weighted by Crippen LogP contribution is 2.17. The molecule has 0 aliphatic rings. The number of anilines is 4. The van der Waals surface area contributed by atoms with Crippen molar-refractivity contribution in [2.75, 3.05) is 47.4 Å². The van der Waals surface area contributed by atoms with Crippen LogP contribution in [0, 0.1) is 0 Å². The van der Waals surface area contributed by atoms with Crippen LogP contribution in [0.25, 0.3) is 0 Å². The van der Waals surface area contributed by atoms with E-state index in [0.717, 1.165) is 0 Å². The number of imidazole rings is 3. The monoisotopic (exact) mass is 814 g/mol. The summed E-state index contributed by atoms with van der Waals surface area (Å²) in [4.78, 5) is 101. The highest BCUT2D eigenvalue weighted by Gasteiger charge is 2.20. The van der Waals surface area contributed by atoms with Gasteiger partial charge in [0, 0.05) is 105 Å². The first-order valence-electron chi connectivity index (χ1n) is 18.3. The molecule has 9 N–H and O–H groups in total. The van der Waals surface area contributed by atoms with Crippen LogP contribution >= 0.6 is 0 Å². The Morgan fingerprint density at radius 2 is 1.00 bits per heavy atom. The SMILES string of the molecule is Cn1cc(NC(=O)c2nc(NC(=O)CCNC(=O)c3cc(NC(=O)c4nccn4C)cn3C)cn2C)cc1C(=O)NCCC(=O)Nc1cn(C)c(C(=O)NCCCN)n1. The lowest BCUT2D eigenvalue weighted by Crippen LogP contribution is -2.29. The molecule has 59 heavy (non-hydrogen) atoms. The van der Waals surface area contributed by atoms with Gasteiger partial charge in [0.15, 0.2) is 17.5 Å². The molecule has 0 spiro atoms. The third-order valence-electron chi connectivity index (χ3n) is 8.65. The Hall–Kier alpha value is -7.56. The van der Waals surface area contributed by atoms with Gasteiger partial charge in [0.2, 0.25) is 23.5 Å². The first kappa shape index (κ1) is 42.6. The number of carbonyl (C=O) groups excluding carboxylic acids is 7. The Bertz CT molecular complexity index is 2380. The van der Waals surface area contributed by atoms with E-state index in [9.17, 15) is 33.6 Å². The Labute approximate surface area is 337 Å². The first-order valence-corrected chi connectivity index (χ1v) is 18.3. The summed E-state index contributed by atoms with van der Waals surface area (Å²) in [5.74, 6) is -2.71. The number of carbonyl (C=O) groups is 7. The quantitative estimate of drug-likeness (QED) is 0.0530. The normalized spacial score (nSPS) is 10.8. The van der Waals surface area contributed by atoms with Crippen molar-refractivity contribution in [2.45, 2.75) is 19.3 Å². The molecular weight excluding hydrogens is 769 g/mol. The Kier molecular flexibility index (Phi) is 13.8. The molecule has 5 aromatic heterocycles. The van der Waals surface area contributed by atoms with E-state index in [4.69, 9.17) is 5.73 Å². The van der Waals surface area contributed by atoms with Crippen LogP contribution in [0.15, 0.2) is 49.3 Å². The Morgan fingerprint density at radius 1 is 0.542 bits per heavy atom. The fourth-order valence-electron chi connectivity index (χ4n) is 5.70. The third-order valence-corrected chi connectivity index (χ3v) is 8.65. The zero-order valence-corrected chi connectivity index (χ0v) is 33.1. The highest BCUT2D eigenvalue weighted by molar-refractivity contribution is 6.04. The van der Waals surface area contributed by atoms with E-state index in [0.29, 0.717) is 30.9 Å². The maximum Gasteiger partial charge on any atom is 0.291 e. The molecule has 0 bridgehead atoms. The molecule has 0 aliphatic carbocycles. The summed E-state index contributed by atoms with van der Waals surface area (Å²) in [7, 11) is 8.13. The number of aromatic nitrogens is 8. The number of nitrogens with two attached hydrogens (primary N) is 1. The molecule has 0 saturated heterocycles. The summed E-state index contributed by atoms with van der Waals surface area (Å²) >= 11 is 0. The molecule has 5 rings (SSSR count). The molecular formula is C36H46N16O7. The average molecular weight is 815 g/mol. The second kappa shape index (κ2) is 19.1. The van der Waals surface area contributed by atoms with Gasteiger partial charge in [-0.15, -0.1) is 0 Å². The predicted octanol–water partition coefficient (Wildman–Crippen LogP) is -0.335. The lowest BCUT2D eigenvalue weighted by molar-refractivity contribution is -0.116. The molecule has 5 aromatic rings. The van der Waals surface area contributed by atoms with Gasteiger partial charge in [-0.2, -0.15) is 0 Å². The Balaban J connectivity index is 1.04. The molecule has 312 valence electrons. The number of amides is 7. The van der Waals surface area contributed by atoms with Crippen LogP contribution in [0.2, 0.25) is 0 Å². The van der Waals surface area contributed by atoms with E-state index in [-0.39, 0.29) is 66.4 Å². The van der Waals surface area contributed by atoms with Crippen molar-refractivity contribution in [1.82, 2.24) is 53.7 Å². The van der Waals surface area contributed by atoms with Crippen LogP contribution in [-0.4, -0.2) is 105 Å². The number of nitrogens with one attached hydrogen (secondary N) is 7. The molecule has 7 amide bonds. The topological polar surface area (TPSA) is 293 Å². The van der Waals surface area contributed by atoms with Gasteiger partial charge in [0.05, 0.1) is 11.4 Å². The number of nitrogens with zero attached hydrogens (tertiary/aromatic N) is 8. The predicted molar refractivity (Wildman–Crippen MR) is 214 cm³/mol. The zero-order chi connectivity index (χ0) is 42.8. The minimum Gasteiger partial charge on any atom is -0.350 e. The summed E-state index contributed by atoms with van der Waals surface area (Å²) in [6, 6.07) is 2.96. The van der Waals surface area contributed by atoms with E-state index in [1.165, 1.54) is 55.2 Å². The van der Waals surface area contributed by atoms with E-state index >= 15 is 0 Å². The van der Waals surface area contributed by atoms with Crippen molar-refractivity contribution < 1.29 is 33.6 Å². The lowest BCUT2D eigenvalue weighted by Gasteiger charge is -2.06. The van der Waals surface area contributed by atoms with Gasteiger partial charge < -0.3 is 65.8 Å². The molecule has 0 saturated carbocycles. The van der Waals surface area contributed by atoms with Crippen LogP contribution in [0.3, 0.4) is 0 Å². The van der Waals surface area contributed by atoms with E-state index in [1.807, 2.05) is 0 Å². The molecule has 23 nitrogen and oxygen atoms in total. The third kappa shape index (κ3) is 11.1. The smallest absolute Gasteiger partial charge is 0.291 e. The van der Waals surface area contributed by atoms with Crippen LogP contribution in [0.4, 0.5) is 23.0 Å². The van der Waals surface area contributed by atoms with Crippen LogP contribution in [0.1, 0.15) is 72.1 Å². The standard InChI is InChI=1S/C36H46N16O7/c1-48-14-13-38-29(48)35(58)42-21-15-23(49(2)17-21)32(55)40-12-8-28(54)45-26-20-52(5)31(47-26)36(59)43-22-16-24(50(3)18-22)33(56)41-11-7-27(53)44-25-19-51(4)30(46-25)34(57)39-10-6-9-37/h13-20H,6-12,37H2,1-5H3,(H,39,57)(H,40,55)(H,41,56)(H,42,58)(H,43,59)(H,44,53)(H,45,54). The number of aryl methyl sites for hydroxylation is 5. The summed E-state index contributed by atoms with van der Waals surface area (Å²) in [5.41, 5.74) is 6.60. The lowest BCUT2D eigenvalue weighted by atomic mass is 10.3. The highest BCUT2D eigenvalue weighted by atomic mass is 16.2. The van der Waals surface area contributed by atoms with Crippen molar-refractivity contribution in [3.63, 3.8) is 0 Å². The van der Waals surface area contributed by atoms with Crippen molar-refractivity contribution in [1.29, 1.82) is 0 Å². The van der Waals surface area contributed by atoms with E-state index < -0.39 is 41.4 Å². The van der Waals surface area contributed by atoms with Crippen molar-refractivity contribution in [3.05, 3.63) is 78.2 Å². The summed E-state index contributed by atoms with van der Waals surface area (Å²) in [6.45, 7) is 0.819. The maximum absolute atomic E-state index is 13.1. The van der Waals surface area contributed by atoms with Gasteiger partial charge in [-0.1, -0.05) is 0 Å². The van der Waals surface area contributed by atoms with Crippen molar-refractivity contribution in [2.24, 2.45) is 41.0 Å².